The normalized spacial score (nSPS) is 19.9. The lowest BCUT2D eigenvalue weighted by Gasteiger charge is -2.46. The van der Waals surface area contributed by atoms with E-state index in [1.165, 1.54) is 11.8 Å². The number of carbonyl (C=O) groups excluding carboxylic acids is 7. The monoisotopic (exact) mass is 927 g/mol. The Bertz CT molecular complexity index is 1930. The van der Waals surface area contributed by atoms with E-state index in [1.54, 1.807) is 138 Å². The molecule has 17 heteroatoms. The van der Waals surface area contributed by atoms with Crippen LogP contribution in [-0.4, -0.2) is 103 Å². The molecule has 3 N–H and O–H groups in total. The highest BCUT2D eigenvalue weighted by molar-refractivity contribution is 7.98. The van der Waals surface area contributed by atoms with Crippen LogP contribution in [0.25, 0.3) is 0 Å². The Labute approximate surface area is 387 Å². The summed E-state index contributed by atoms with van der Waals surface area (Å²) < 4.78 is 35.8. The number of amides is 3. The molecule has 7 atom stereocenters. The Hall–Kier alpha value is -5.16. The van der Waals surface area contributed by atoms with Gasteiger partial charge >= 0.3 is 30.0 Å². The lowest BCUT2D eigenvalue weighted by Crippen LogP contribution is -2.68. The fraction of sp³-hybridized carbons (Fsp3) is 0.604. The first-order valence-corrected chi connectivity index (χ1v) is 23.1. The molecule has 3 rings (SSSR count). The van der Waals surface area contributed by atoms with Crippen molar-refractivity contribution in [1.29, 1.82) is 0 Å². The van der Waals surface area contributed by atoms with Crippen molar-refractivity contribution in [2.45, 2.75) is 145 Å². The van der Waals surface area contributed by atoms with Crippen molar-refractivity contribution in [3.8, 4) is 0 Å². The van der Waals surface area contributed by atoms with Gasteiger partial charge in [0, 0.05) is 6.42 Å². The lowest BCUT2D eigenvalue weighted by molar-refractivity contribution is -0.264. The van der Waals surface area contributed by atoms with Crippen LogP contribution in [0.4, 0.5) is 4.79 Å². The molecule has 2 aromatic rings. The van der Waals surface area contributed by atoms with Gasteiger partial charge in [-0.15, -0.1) is 0 Å². The molecule has 3 amide bonds. The Morgan fingerprint density at radius 3 is 1.55 bits per heavy atom. The van der Waals surface area contributed by atoms with E-state index in [2.05, 4.69) is 16.0 Å². The van der Waals surface area contributed by atoms with Gasteiger partial charge in [-0.3, -0.25) is 28.8 Å². The summed E-state index contributed by atoms with van der Waals surface area (Å²) in [4.78, 5) is 96.2. The molecule has 1 heterocycles. The highest BCUT2D eigenvalue weighted by atomic mass is 32.2. The second-order valence-corrected chi connectivity index (χ2v) is 21.1. The Kier molecular flexibility index (Phi) is 19.5. The summed E-state index contributed by atoms with van der Waals surface area (Å²) in [7, 11) is 0. The number of hydrogen-bond acceptors (Lipinski definition) is 14. The Morgan fingerprint density at radius 1 is 0.585 bits per heavy atom. The second kappa shape index (κ2) is 23.3. The molecule has 16 nitrogen and oxygen atoms in total. The van der Waals surface area contributed by atoms with Gasteiger partial charge in [-0.05, 0) is 113 Å². The highest BCUT2D eigenvalue weighted by Crippen LogP contribution is 2.34. The minimum atomic E-state index is -1.66. The number of ether oxygens (including phenoxy) is 6. The molecular formula is C48H69N3O13S. The Morgan fingerprint density at radius 2 is 1.06 bits per heavy atom. The van der Waals surface area contributed by atoms with Crippen LogP contribution < -0.4 is 16.0 Å². The third kappa shape index (κ3) is 17.3. The van der Waals surface area contributed by atoms with Crippen molar-refractivity contribution < 1.29 is 62.0 Å². The van der Waals surface area contributed by atoms with Gasteiger partial charge in [0.2, 0.25) is 11.8 Å². The molecule has 0 aromatic heterocycles. The molecule has 0 aliphatic carbocycles. The van der Waals surface area contributed by atoms with Crippen LogP contribution in [-0.2, 0) is 70.2 Å². The Balaban J connectivity index is 2.13. The summed E-state index contributed by atoms with van der Waals surface area (Å²) in [5, 5.41) is 8.18. The molecule has 1 aliphatic heterocycles. The van der Waals surface area contributed by atoms with Gasteiger partial charge in [-0.25, -0.2) is 4.79 Å². The summed E-state index contributed by atoms with van der Waals surface area (Å²) in [6, 6.07) is 15.4. The molecule has 360 valence electrons. The summed E-state index contributed by atoms with van der Waals surface area (Å²) in [6.07, 6.45) is -6.72. The minimum absolute atomic E-state index is 0.0381. The highest BCUT2D eigenvalue weighted by Gasteiger charge is 2.55. The SMILES string of the molecule is CSCC[C@H](NC(=O)OCc1ccccc1)C(=O)N[C@@H](Cc1ccccc1)C(=O)N[C@@H]1O[C@H](COC(=O)C(C)(C)C)[C@H](OC(=O)C(C)(C)C)[C@H](OC(=O)C(C)(C)C)[C@H]1OC(=O)C(C)(C)C. The zero-order valence-corrected chi connectivity index (χ0v) is 40.9. The number of thioether (sulfide) groups is 1. The van der Waals surface area contributed by atoms with Gasteiger partial charge in [0.15, 0.2) is 24.5 Å². The molecule has 0 spiro atoms. The van der Waals surface area contributed by atoms with Crippen LogP contribution in [0.1, 0.15) is 101 Å². The summed E-state index contributed by atoms with van der Waals surface area (Å²) in [6.45, 7) is 18.8. The van der Waals surface area contributed by atoms with Gasteiger partial charge in [0.05, 0.1) is 21.7 Å². The van der Waals surface area contributed by atoms with Crippen molar-refractivity contribution in [1.82, 2.24) is 16.0 Å². The van der Waals surface area contributed by atoms with Crippen molar-refractivity contribution in [3.05, 3.63) is 71.8 Å². The van der Waals surface area contributed by atoms with Crippen molar-refractivity contribution >= 4 is 53.5 Å². The standard InChI is InChI=1S/C48H69N3O13S/c1-45(2,3)40(54)59-28-33-34(62-41(55)46(4,5)6)35(63-42(56)47(7,8)9)36(64-43(57)48(10,11)12)39(61-33)51-38(53)32(26-29-20-16-14-17-21-29)49-37(52)31(24-25-65-13)50-44(58)60-27-30-22-18-15-19-23-30/h14-23,31-36,39H,24-28H2,1-13H3,(H,49,52)(H,50,58)(H,51,53)/t31-,32-,33+,34-,35-,36+,39+/m0/s1. The maximum atomic E-state index is 14.7. The van der Waals surface area contributed by atoms with Crippen LogP contribution in [0.5, 0.6) is 0 Å². The van der Waals surface area contributed by atoms with Gasteiger partial charge in [0.25, 0.3) is 0 Å². The van der Waals surface area contributed by atoms with Gasteiger partial charge in [-0.2, -0.15) is 11.8 Å². The lowest BCUT2D eigenvalue weighted by atomic mass is 9.92. The number of nitrogens with one attached hydrogen (secondary N) is 3. The largest absolute Gasteiger partial charge is 0.462 e. The van der Waals surface area contributed by atoms with E-state index in [0.29, 0.717) is 11.3 Å². The van der Waals surface area contributed by atoms with Gasteiger partial charge in [-0.1, -0.05) is 60.7 Å². The molecule has 0 unspecified atom stereocenters. The first-order chi connectivity index (χ1) is 30.1. The maximum absolute atomic E-state index is 14.7. The zero-order chi connectivity index (χ0) is 48.9. The molecule has 1 saturated heterocycles. The van der Waals surface area contributed by atoms with E-state index in [0.717, 1.165) is 5.56 Å². The van der Waals surface area contributed by atoms with Crippen LogP contribution in [0, 0.1) is 21.7 Å². The molecule has 0 bridgehead atoms. The predicted molar refractivity (Wildman–Crippen MR) is 244 cm³/mol. The van der Waals surface area contributed by atoms with E-state index < -0.39 is 113 Å². The first kappa shape index (κ1) is 54.2. The van der Waals surface area contributed by atoms with E-state index in [1.807, 2.05) is 12.3 Å². The second-order valence-electron chi connectivity index (χ2n) is 20.1. The van der Waals surface area contributed by atoms with E-state index in [4.69, 9.17) is 28.4 Å². The first-order valence-electron chi connectivity index (χ1n) is 21.7. The fourth-order valence-electron chi connectivity index (χ4n) is 5.83. The van der Waals surface area contributed by atoms with E-state index in [9.17, 15) is 33.6 Å². The average molecular weight is 928 g/mol. The van der Waals surface area contributed by atoms with Crippen molar-refractivity contribution in [2.75, 3.05) is 18.6 Å². The van der Waals surface area contributed by atoms with Crippen LogP contribution >= 0.6 is 11.8 Å². The smallest absolute Gasteiger partial charge is 0.408 e. The van der Waals surface area contributed by atoms with E-state index in [-0.39, 0.29) is 19.4 Å². The zero-order valence-electron chi connectivity index (χ0n) is 40.1. The molecule has 1 fully saturated rings. The third-order valence-electron chi connectivity index (χ3n) is 9.82. The number of hydrogen-bond donors (Lipinski definition) is 3. The summed E-state index contributed by atoms with van der Waals surface area (Å²) in [5.41, 5.74) is -2.91. The molecule has 1 aliphatic rings. The molecular weight excluding hydrogens is 859 g/mol. The number of carbonyl (C=O) groups is 7. The summed E-state index contributed by atoms with van der Waals surface area (Å²) >= 11 is 1.45. The molecule has 0 radical (unpaired) electrons. The quantitative estimate of drug-likeness (QED) is 0.122. The van der Waals surface area contributed by atoms with Crippen molar-refractivity contribution in [3.63, 3.8) is 0 Å². The fourth-order valence-corrected chi connectivity index (χ4v) is 6.30. The molecule has 0 saturated carbocycles. The van der Waals surface area contributed by atoms with E-state index >= 15 is 0 Å². The number of rotatable bonds is 17. The average Bonchev–Trinajstić information content (AvgIpc) is 3.21. The number of esters is 4. The van der Waals surface area contributed by atoms with Crippen LogP contribution in [0.2, 0.25) is 0 Å². The number of benzene rings is 2. The van der Waals surface area contributed by atoms with Gasteiger partial charge < -0.3 is 44.4 Å². The third-order valence-corrected chi connectivity index (χ3v) is 10.5. The van der Waals surface area contributed by atoms with Gasteiger partial charge in [0.1, 0.15) is 31.4 Å². The molecule has 65 heavy (non-hydrogen) atoms. The summed E-state index contributed by atoms with van der Waals surface area (Å²) in [5.74, 6) is -3.96. The predicted octanol–water partition coefficient (Wildman–Crippen LogP) is 6.07. The van der Waals surface area contributed by atoms with Crippen LogP contribution in [0.15, 0.2) is 60.7 Å². The van der Waals surface area contributed by atoms with Crippen molar-refractivity contribution in [2.24, 2.45) is 21.7 Å². The minimum Gasteiger partial charge on any atom is -0.462 e. The van der Waals surface area contributed by atoms with Crippen LogP contribution in [0.3, 0.4) is 0 Å². The topological polar surface area (TPSA) is 211 Å². The number of alkyl carbamates (subject to hydrolysis) is 1. The maximum Gasteiger partial charge on any atom is 0.408 e. The molecule has 2 aromatic carbocycles.